The molecular formula is C17H22N4O2. The molecule has 2 aromatic rings. The number of nitrogens with zero attached hydrogens (tertiary/aromatic N) is 3. The van der Waals surface area contributed by atoms with Gasteiger partial charge in [-0.15, -0.1) is 0 Å². The van der Waals surface area contributed by atoms with E-state index in [-0.39, 0.29) is 18.2 Å². The molecule has 1 N–H and O–H groups in total. The molecule has 1 aromatic heterocycles. The molecule has 1 aromatic carbocycles. The number of benzene rings is 1. The molecule has 1 saturated heterocycles. The Hall–Kier alpha value is -2.34. The molecule has 6 heteroatoms. The minimum Gasteiger partial charge on any atom is -0.367 e. The van der Waals surface area contributed by atoms with Crippen LogP contribution in [0.15, 0.2) is 42.7 Å². The number of aryl methyl sites for hydroxylation is 1. The maximum atomic E-state index is 12.4. The van der Waals surface area contributed by atoms with Crippen molar-refractivity contribution >= 4 is 6.03 Å². The summed E-state index contributed by atoms with van der Waals surface area (Å²) in [7, 11) is 1.86. The minimum absolute atomic E-state index is 0.0121. The largest absolute Gasteiger partial charge is 0.367 e. The molecule has 3 rings (SSSR count). The van der Waals surface area contributed by atoms with Crippen LogP contribution in [0.4, 0.5) is 4.79 Å². The summed E-state index contributed by atoms with van der Waals surface area (Å²) in [5, 5.41) is 7.06. The van der Waals surface area contributed by atoms with Crippen molar-refractivity contribution in [3.63, 3.8) is 0 Å². The highest BCUT2D eigenvalue weighted by Gasteiger charge is 2.29. The second kappa shape index (κ2) is 6.83. The van der Waals surface area contributed by atoms with Crippen molar-refractivity contribution < 1.29 is 9.53 Å². The third-order valence-corrected chi connectivity index (χ3v) is 3.92. The molecule has 122 valence electrons. The highest BCUT2D eigenvalue weighted by Crippen LogP contribution is 2.25. The van der Waals surface area contributed by atoms with Gasteiger partial charge in [-0.1, -0.05) is 30.3 Å². The SMILES string of the molecule is C[C@H]1CN(C(=O)NCc2cnn(C)c2)C[C@@H](c2ccccc2)O1. The smallest absolute Gasteiger partial charge is 0.317 e. The van der Waals surface area contributed by atoms with E-state index in [0.29, 0.717) is 19.6 Å². The number of carbonyl (C=O) groups is 1. The summed E-state index contributed by atoms with van der Waals surface area (Å²) >= 11 is 0. The lowest BCUT2D eigenvalue weighted by Crippen LogP contribution is -2.49. The summed E-state index contributed by atoms with van der Waals surface area (Å²) < 4.78 is 7.71. The van der Waals surface area contributed by atoms with Crippen LogP contribution in [-0.2, 0) is 18.3 Å². The summed E-state index contributed by atoms with van der Waals surface area (Å²) in [5.74, 6) is 0. The summed E-state index contributed by atoms with van der Waals surface area (Å²) in [6.07, 6.45) is 3.59. The van der Waals surface area contributed by atoms with E-state index in [0.717, 1.165) is 11.1 Å². The number of morpholine rings is 1. The minimum atomic E-state index is -0.0795. The van der Waals surface area contributed by atoms with Crippen LogP contribution in [-0.4, -0.2) is 39.9 Å². The molecule has 0 bridgehead atoms. The van der Waals surface area contributed by atoms with Gasteiger partial charge in [0.1, 0.15) is 6.10 Å². The van der Waals surface area contributed by atoms with Crippen molar-refractivity contribution in [1.29, 1.82) is 0 Å². The van der Waals surface area contributed by atoms with E-state index in [1.807, 2.05) is 55.4 Å². The number of urea groups is 1. The van der Waals surface area contributed by atoms with E-state index in [2.05, 4.69) is 10.4 Å². The van der Waals surface area contributed by atoms with Gasteiger partial charge in [-0.2, -0.15) is 5.10 Å². The van der Waals surface area contributed by atoms with Gasteiger partial charge in [-0.3, -0.25) is 4.68 Å². The Bertz CT molecular complexity index is 656. The van der Waals surface area contributed by atoms with E-state index in [4.69, 9.17) is 4.74 Å². The van der Waals surface area contributed by atoms with Crippen molar-refractivity contribution in [2.75, 3.05) is 13.1 Å². The Balaban J connectivity index is 1.61. The van der Waals surface area contributed by atoms with E-state index in [1.54, 1.807) is 10.9 Å². The number of amides is 2. The van der Waals surface area contributed by atoms with Crippen LogP contribution >= 0.6 is 0 Å². The summed E-state index contributed by atoms with van der Waals surface area (Å²) in [6.45, 7) is 3.64. The second-order valence-electron chi connectivity index (χ2n) is 5.93. The topological polar surface area (TPSA) is 59.4 Å². The third-order valence-electron chi connectivity index (χ3n) is 3.92. The van der Waals surface area contributed by atoms with Gasteiger partial charge in [0.15, 0.2) is 0 Å². The zero-order chi connectivity index (χ0) is 16.2. The highest BCUT2D eigenvalue weighted by atomic mass is 16.5. The predicted octanol–water partition coefficient (Wildman–Crippen LogP) is 2.09. The maximum Gasteiger partial charge on any atom is 0.317 e. The first-order valence-electron chi connectivity index (χ1n) is 7.82. The molecule has 0 spiro atoms. The van der Waals surface area contributed by atoms with Crippen LogP contribution < -0.4 is 5.32 Å². The van der Waals surface area contributed by atoms with E-state index in [1.165, 1.54) is 0 Å². The summed E-state index contributed by atoms with van der Waals surface area (Å²) in [5.41, 5.74) is 2.09. The molecular weight excluding hydrogens is 292 g/mol. The summed E-state index contributed by atoms with van der Waals surface area (Å²) in [4.78, 5) is 14.3. The van der Waals surface area contributed by atoms with Crippen LogP contribution in [0.3, 0.4) is 0 Å². The standard InChI is InChI=1S/C17H22N4O2/c1-13-10-21(12-16(23-13)15-6-4-3-5-7-15)17(22)18-8-14-9-19-20(2)11-14/h3-7,9,11,13,16H,8,10,12H2,1-2H3,(H,18,22)/t13-,16-/m0/s1. The van der Waals surface area contributed by atoms with Crippen molar-refractivity contribution in [3.8, 4) is 0 Å². The molecule has 2 atom stereocenters. The summed E-state index contributed by atoms with van der Waals surface area (Å²) in [6, 6.07) is 9.97. The van der Waals surface area contributed by atoms with Gasteiger partial charge in [0.25, 0.3) is 0 Å². The fourth-order valence-corrected chi connectivity index (χ4v) is 2.82. The van der Waals surface area contributed by atoms with Gasteiger partial charge in [-0.25, -0.2) is 4.79 Å². The molecule has 1 aliphatic heterocycles. The number of ether oxygens (including phenoxy) is 1. The van der Waals surface area contributed by atoms with Crippen LogP contribution in [0.2, 0.25) is 0 Å². The number of aromatic nitrogens is 2. The molecule has 0 saturated carbocycles. The van der Waals surface area contributed by atoms with Gasteiger partial charge >= 0.3 is 6.03 Å². The van der Waals surface area contributed by atoms with Gasteiger partial charge in [0.2, 0.25) is 0 Å². The Labute approximate surface area is 136 Å². The first kappa shape index (κ1) is 15.6. The quantitative estimate of drug-likeness (QED) is 0.944. The molecule has 2 amide bonds. The Morgan fingerprint density at radius 3 is 2.83 bits per heavy atom. The van der Waals surface area contributed by atoms with E-state index >= 15 is 0 Å². The number of hydrogen-bond donors (Lipinski definition) is 1. The second-order valence-corrected chi connectivity index (χ2v) is 5.93. The lowest BCUT2D eigenvalue weighted by molar-refractivity contribution is -0.0657. The third kappa shape index (κ3) is 3.90. The van der Waals surface area contributed by atoms with Crippen molar-refractivity contribution in [2.45, 2.75) is 25.7 Å². The van der Waals surface area contributed by atoms with Gasteiger partial charge in [0, 0.05) is 31.9 Å². The lowest BCUT2D eigenvalue weighted by Gasteiger charge is -2.37. The monoisotopic (exact) mass is 314 g/mol. The lowest BCUT2D eigenvalue weighted by atomic mass is 10.1. The molecule has 0 radical (unpaired) electrons. The van der Waals surface area contributed by atoms with Crippen molar-refractivity contribution in [2.24, 2.45) is 7.05 Å². The van der Waals surface area contributed by atoms with Gasteiger partial charge in [-0.05, 0) is 12.5 Å². The van der Waals surface area contributed by atoms with E-state index < -0.39 is 0 Å². The normalized spacial score (nSPS) is 21.2. The van der Waals surface area contributed by atoms with Crippen LogP contribution in [0.5, 0.6) is 0 Å². The molecule has 1 aliphatic rings. The molecule has 0 aliphatic carbocycles. The first-order valence-corrected chi connectivity index (χ1v) is 7.82. The van der Waals surface area contributed by atoms with Crippen LogP contribution in [0.25, 0.3) is 0 Å². The number of nitrogens with one attached hydrogen (secondary N) is 1. The average molecular weight is 314 g/mol. The predicted molar refractivity (Wildman–Crippen MR) is 86.7 cm³/mol. The average Bonchev–Trinajstić information content (AvgIpc) is 2.98. The van der Waals surface area contributed by atoms with Gasteiger partial charge < -0.3 is 15.0 Å². The highest BCUT2D eigenvalue weighted by molar-refractivity contribution is 5.74. The maximum absolute atomic E-state index is 12.4. The molecule has 0 unspecified atom stereocenters. The Kier molecular flexibility index (Phi) is 4.62. The van der Waals surface area contributed by atoms with Crippen molar-refractivity contribution in [1.82, 2.24) is 20.0 Å². The molecule has 23 heavy (non-hydrogen) atoms. The van der Waals surface area contributed by atoms with Crippen LogP contribution in [0.1, 0.15) is 24.2 Å². The Morgan fingerprint density at radius 1 is 1.35 bits per heavy atom. The van der Waals surface area contributed by atoms with Gasteiger partial charge in [0.05, 0.1) is 18.8 Å². The number of carbonyl (C=O) groups excluding carboxylic acids is 1. The fourth-order valence-electron chi connectivity index (χ4n) is 2.82. The Morgan fingerprint density at radius 2 is 2.13 bits per heavy atom. The molecule has 2 heterocycles. The van der Waals surface area contributed by atoms with E-state index in [9.17, 15) is 4.79 Å². The first-order chi connectivity index (χ1) is 11.1. The zero-order valence-corrected chi connectivity index (χ0v) is 13.5. The van der Waals surface area contributed by atoms with Crippen molar-refractivity contribution in [3.05, 3.63) is 53.9 Å². The number of hydrogen-bond acceptors (Lipinski definition) is 3. The molecule has 1 fully saturated rings. The fraction of sp³-hybridized carbons (Fsp3) is 0.412. The van der Waals surface area contributed by atoms with Crippen LogP contribution in [0, 0.1) is 0 Å². The molecule has 6 nitrogen and oxygen atoms in total. The number of rotatable bonds is 3. The zero-order valence-electron chi connectivity index (χ0n) is 13.5.